The second-order valence-corrected chi connectivity index (χ2v) is 20.6. The minimum absolute atomic E-state index is 0.299. The fraction of sp³-hybridized carbons (Fsp3) is 0.216. The number of benzene rings is 10. The topological polar surface area (TPSA) is 6.48 Å². The van der Waals surface area contributed by atoms with Crippen LogP contribution in [-0.4, -0.2) is 0 Å². The Morgan fingerprint density at radius 3 is 1.18 bits per heavy atom. The maximum atomic E-state index is 2.55. The number of hydrogen-bond donors (Lipinski definition) is 0. The van der Waals surface area contributed by atoms with E-state index >= 15 is 0 Å². The summed E-state index contributed by atoms with van der Waals surface area (Å²) in [5, 5.41) is 7.86. The van der Waals surface area contributed by atoms with Crippen LogP contribution in [0.25, 0.3) is 49.0 Å². The van der Waals surface area contributed by atoms with Crippen LogP contribution in [0.15, 0.2) is 212 Å². The SMILES string of the molecule is C/C=C\C.CC.Cc1ccccc1.Cc1ccccc1N(c1ccc(C2=CC=CC2)cc1C)c1cc(C(C)C)c2ccc3c(N(c4ccccc4C)c4ccc(-c5ccccc5)cc4C)cc(C(C)C)c4ccc1c2c43. The molecule has 0 amide bonds. The van der Waals surface area contributed by atoms with Gasteiger partial charge in [0.2, 0.25) is 0 Å². The van der Waals surface area contributed by atoms with E-state index in [4.69, 9.17) is 0 Å². The summed E-state index contributed by atoms with van der Waals surface area (Å²) < 4.78 is 0. The van der Waals surface area contributed by atoms with Crippen LogP contribution >= 0.6 is 0 Å². The van der Waals surface area contributed by atoms with Gasteiger partial charge in [-0.15, -0.1) is 0 Å². The van der Waals surface area contributed by atoms with Crippen LogP contribution in [0.4, 0.5) is 34.1 Å². The lowest BCUT2D eigenvalue weighted by atomic mass is 9.83. The van der Waals surface area contributed by atoms with E-state index in [0.29, 0.717) is 11.8 Å². The molecule has 10 aromatic carbocycles. The first-order chi connectivity index (χ1) is 36.9. The molecule has 0 bridgehead atoms. The maximum Gasteiger partial charge on any atom is 0.0543 e. The molecule has 0 aromatic heterocycles. The monoisotopic (exact) mass is 995 g/mol. The molecule has 0 unspecified atom stereocenters. The van der Waals surface area contributed by atoms with Gasteiger partial charge in [0.25, 0.3) is 0 Å². The van der Waals surface area contributed by atoms with Crippen molar-refractivity contribution in [2.75, 3.05) is 9.80 Å². The Balaban J connectivity index is 0.000000525. The Morgan fingerprint density at radius 1 is 0.382 bits per heavy atom. The molecule has 0 N–H and O–H groups in total. The zero-order valence-corrected chi connectivity index (χ0v) is 47.5. The maximum absolute atomic E-state index is 2.55. The van der Waals surface area contributed by atoms with Crippen molar-refractivity contribution in [1.82, 2.24) is 0 Å². The van der Waals surface area contributed by atoms with Crippen LogP contribution in [-0.2, 0) is 0 Å². The van der Waals surface area contributed by atoms with Crippen molar-refractivity contribution in [2.45, 2.75) is 108 Å². The molecule has 1 aliphatic rings. The Morgan fingerprint density at radius 2 is 0.789 bits per heavy atom. The van der Waals surface area contributed by atoms with Crippen LogP contribution in [0.1, 0.15) is 118 Å². The van der Waals surface area contributed by atoms with Gasteiger partial charge in [-0.25, -0.2) is 0 Å². The molecular weight excluding hydrogens is 917 g/mol. The van der Waals surface area contributed by atoms with E-state index in [-0.39, 0.29) is 0 Å². The van der Waals surface area contributed by atoms with Crippen molar-refractivity contribution in [1.29, 1.82) is 0 Å². The van der Waals surface area contributed by atoms with Crippen LogP contribution in [0.2, 0.25) is 0 Å². The summed E-state index contributed by atoms with van der Waals surface area (Å²) in [5.41, 5.74) is 21.3. The molecule has 2 heteroatoms. The minimum atomic E-state index is 0.299. The number of anilines is 6. The minimum Gasteiger partial charge on any atom is -0.309 e. The second-order valence-electron chi connectivity index (χ2n) is 20.6. The van der Waals surface area contributed by atoms with Crippen LogP contribution in [0.3, 0.4) is 0 Å². The Kier molecular flexibility index (Phi) is 17.6. The molecule has 0 heterocycles. The summed E-state index contributed by atoms with van der Waals surface area (Å²) in [6, 6.07) is 67.4. The fourth-order valence-electron chi connectivity index (χ4n) is 10.8. The molecule has 0 fully saturated rings. The number of allylic oxidation sites excluding steroid dienone is 6. The predicted octanol–water partition coefficient (Wildman–Crippen LogP) is 22.6. The van der Waals surface area contributed by atoms with Gasteiger partial charge in [-0.2, -0.15) is 0 Å². The van der Waals surface area contributed by atoms with Crippen molar-refractivity contribution in [2.24, 2.45) is 0 Å². The van der Waals surface area contributed by atoms with Gasteiger partial charge in [-0.3, -0.25) is 0 Å². The van der Waals surface area contributed by atoms with Crippen LogP contribution < -0.4 is 9.80 Å². The smallest absolute Gasteiger partial charge is 0.0543 e. The Bertz CT molecular complexity index is 3660. The van der Waals surface area contributed by atoms with Crippen molar-refractivity contribution in [3.63, 3.8) is 0 Å². The highest BCUT2D eigenvalue weighted by molar-refractivity contribution is 6.29. The molecule has 0 spiro atoms. The molecule has 10 aromatic rings. The second kappa shape index (κ2) is 24.6. The van der Waals surface area contributed by atoms with E-state index in [9.17, 15) is 0 Å². The standard InChI is InChI=1S/C61H56N2.C7H8.C4H8.C2H6/c1-38(2)52-36-58(62(54-24-16-12-18-40(54)5)56-32-26-46(34-42(56)7)44-20-10-9-11-21-44)50-30-28-49-53(39(3)4)37-59(51-31-29-48(52)60(50)61(49)51)63(55-25-17-13-19-41(55)6)57-33-27-47(35-43(57)8)45-22-14-15-23-45;1-7-5-3-2-4-6-7;1-3-4-2;1-2/h9-22,24-39H,23H2,1-8H3;2-6H,1H3;3-4H,1-2H3;1-2H3/b;;4-3-;. The Hall–Kier alpha value is -7.94. The van der Waals surface area contributed by atoms with Gasteiger partial charge in [-0.1, -0.05) is 211 Å². The number of hydrogen-bond acceptors (Lipinski definition) is 2. The summed E-state index contributed by atoms with van der Waals surface area (Å²) >= 11 is 0. The first-order valence-corrected chi connectivity index (χ1v) is 27.6. The van der Waals surface area contributed by atoms with Gasteiger partial charge in [-0.05, 0) is 192 Å². The molecule has 0 aliphatic heterocycles. The zero-order valence-electron chi connectivity index (χ0n) is 47.5. The van der Waals surface area contributed by atoms with E-state index in [1.54, 1.807) is 0 Å². The zero-order chi connectivity index (χ0) is 54.0. The fourth-order valence-corrected chi connectivity index (χ4v) is 10.8. The summed E-state index contributed by atoms with van der Waals surface area (Å²) in [7, 11) is 0. The van der Waals surface area contributed by atoms with Gasteiger partial charge in [0, 0.05) is 33.5 Å². The van der Waals surface area contributed by atoms with Crippen LogP contribution in [0.5, 0.6) is 0 Å². The molecule has 11 rings (SSSR count). The first-order valence-electron chi connectivity index (χ1n) is 27.6. The number of nitrogens with zero attached hydrogens (tertiary/aromatic N) is 2. The number of aryl methyl sites for hydroxylation is 5. The van der Waals surface area contributed by atoms with Crippen LogP contribution in [0, 0.1) is 34.6 Å². The summed E-state index contributed by atoms with van der Waals surface area (Å²) in [4.78, 5) is 5.09. The van der Waals surface area contributed by atoms with Crippen molar-refractivity contribution >= 4 is 72.0 Å². The highest BCUT2D eigenvalue weighted by atomic mass is 15.2. The third kappa shape index (κ3) is 11.2. The largest absolute Gasteiger partial charge is 0.309 e. The van der Waals surface area contributed by atoms with Crippen molar-refractivity contribution in [3.05, 3.63) is 257 Å². The highest BCUT2D eigenvalue weighted by Crippen LogP contribution is 2.52. The molecule has 2 nitrogen and oxygen atoms in total. The summed E-state index contributed by atoms with van der Waals surface area (Å²) in [6.45, 7) is 28.5. The highest BCUT2D eigenvalue weighted by Gasteiger charge is 2.28. The predicted molar refractivity (Wildman–Crippen MR) is 337 cm³/mol. The molecular formula is C74H78N2. The third-order valence-corrected chi connectivity index (χ3v) is 14.8. The molecule has 0 saturated heterocycles. The molecule has 0 atom stereocenters. The van der Waals surface area contributed by atoms with E-state index < -0.39 is 0 Å². The van der Waals surface area contributed by atoms with Gasteiger partial charge in [0.1, 0.15) is 0 Å². The van der Waals surface area contributed by atoms with Crippen molar-refractivity contribution in [3.8, 4) is 11.1 Å². The number of rotatable bonds is 10. The van der Waals surface area contributed by atoms with Crippen molar-refractivity contribution < 1.29 is 0 Å². The normalized spacial score (nSPS) is 11.9. The molecule has 384 valence electrons. The summed E-state index contributed by atoms with van der Waals surface area (Å²) in [5.74, 6) is 0.600. The van der Waals surface area contributed by atoms with Gasteiger partial charge in [0.05, 0.1) is 11.4 Å². The van der Waals surface area contributed by atoms with Gasteiger partial charge >= 0.3 is 0 Å². The number of para-hydroxylation sites is 2. The molecule has 76 heavy (non-hydrogen) atoms. The average Bonchev–Trinajstić information content (AvgIpc) is 4.01. The van der Waals surface area contributed by atoms with E-state index in [1.807, 2.05) is 58.0 Å². The lowest BCUT2D eigenvalue weighted by Crippen LogP contribution is -2.15. The lowest BCUT2D eigenvalue weighted by molar-refractivity contribution is 0.875. The van der Waals surface area contributed by atoms with E-state index in [0.717, 1.165) is 6.42 Å². The lowest BCUT2D eigenvalue weighted by Gasteiger charge is -2.33. The molecule has 0 saturated carbocycles. The summed E-state index contributed by atoms with van der Waals surface area (Å²) in [6.07, 6.45) is 11.7. The van der Waals surface area contributed by atoms with E-state index in [1.165, 1.54) is 128 Å². The quantitative estimate of drug-likeness (QED) is 0.0995. The molecule has 1 aliphatic carbocycles. The van der Waals surface area contributed by atoms with Gasteiger partial charge < -0.3 is 9.80 Å². The first kappa shape index (κ1) is 54.3. The Labute approximate surface area is 455 Å². The average molecular weight is 995 g/mol. The molecule has 0 radical (unpaired) electrons. The van der Waals surface area contributed by atoms with E-state index in [2.05, 4.69) is 254 Å². The van der Waals surface area contributed by atoms with Gasteiger partial charge in [0.15, 0.2) is 0 Å². The third-order valence-electron chi connectivity index (χ3n) is 14.8.